The molecule has 26 heavy (non-hydrogen) atoms. The van der Waals surface area contributed by atoms with Crippen LogP contribution in [0.3, 0.4) is 0 Å². The van der Waals surface area contributed by atoms with Crippen LogP contribution in [0.15, 0.2) is 30.5 Å². The van der Waals surface area contributed by atoms with Gasteiger partial charge in [-0.3, -0.25) is 4.79 Å². The smallest absolute Gasteiger partial charge is 0.251 e. The third-order valence-corrected chi connectivity index (χ3v) is 5.41. The summed E-state index contributed by atoms with van der Waals surface area (Å²) < 4.78 is 0. The van der Waals surface area contributed by atoms with E-state index in [9.17, 15) is 4.79 Å². The molecule has 1 saturated heterocycles. The fraction of sp³-hybridized carbons (Fsp3) is 0.476. The minimum atomic E-state index is -0.0695. The van der Waals surface area contributed by atoms with Gasteiger partial charge in [0.05, 0.1) is 6.54 Å². The summed E-state index contributed by atoms with van der Waals surface area (Å²) in [6.07, 6.45) is 8.79. The van der Waals surface area contributed by atoms with Crippen molar-refractivity contribution in [1.82, 2.24) is 20.6 Å². The minimum Gasteiger partial charge on any atom is -0.345 e. The first kappa shape index (κ1) is 17.2. The van der Waals surface area contributed by atoms with E-state index in [4.69, 9.17) is 0 Å². The number of aryl methyl sites for hydroxylation is 2. The minimum absolute atomic E-state index is 0.0695. The van der Waals surface area contributed by atoms with Crippen LogP contribution < -0.4 is 10.6 Å². The molecule has 0 saturated carbocycles. The highest BCUT2D eigenvalue weighted by molar-refractivity contribution is 5.94. The molecule has 1 fully saturated rings. The topological polar surface area (TPSA) is 66.9 Å². The van der Waals surface area contributed by atoms with E-state index in [0.29, 0.717) is 23.9 Å². The van der Waals surface area contributed by atoms with E-state index in [2.05, 4.69) is 32.7 Å². The molecular weight excluding hydrogens is 324 g/mol. The fourth-order valence-corrected chi connectivity index (χ4v) is 3.93. The number of aromatic nitrogens is 2. The van der Waals surface area contributed by atoms with E-state index in [1.54, 1.807) is 0 Å². The molecule has 2 heterocycles. The van der Waals surface area contributed by atoms with Gasteiger partial charge >= 0.3 is 0 Å². The molecule has 2 aromatic rings. The van der Waals surface area contributed by atoms with Crippen molar-refractivity contribution in [2.45, 2.75) is 45.1 Å². The van der Waals surface area contributed by atoms with E-state index in [0.717, 1.165) is 44.5 Å². The van der Waals surface area contributed by atoms with Gasteiger partial charge in [-0.25, -0.2) is 9.97 Å². The molecule has 136 valence electrons. The second-order valence-corrected chi connectivity index (χ2v) is 7.41. The number of fused-ring (bicyclic) bond motifs is 1. The van der Waals surface area contributed by atoms with Crippen LogP contribution in [0.5, 0.6) is 0 Å². The van der Waals surface area contributed by atoms with Gasteiger partial charge in [0.1, 0.15) is 5.82 Å². The van der Waals surface area contributed by atoms with Crippen molar-refractivity contribution in [2.75, 3.05) is 13.1 Å². The molecule has 4 rings (SSSR count). The molecule has 1 amide bonds. The zero-order valence-corrected chi connectivity index (χ0v) is 15.1. The number of hydrogen-bond donors (Lipinski definition) is 2. The lowest BCUT2D eigenvalue weighted by molar-refractivity contribution is 0.0950. The van der Waals surface area contributed by atoms with Crippen LogP contribution in [0.25, 0.3) is 0 Å². The SMILES string of the molecule is O=C(NCc1ncc2c(n1)CCC2)c1ccc(C[C@@H]2CCCNC2)cc1. The highest BCUT2D eigenvalue weighted by Crippen LogP contribution is 2.19. The summed E-state index contributed by atoms with van der Waals surface area (Å²) in [5.41, 5.74) is 4.39. The molecule has 0 spiro atoms. The Kier molecular flexibility index (Phi) is 5.25. The molecule has 1 atom stereocenters. The number of carbonyl (C=O) groups excluding carboxylic acids is 1. The second-order valence-electron chi connectivity index (χ2n) is 7.41. The lowest BCUT2D eigenvalue weighted by Crippen LogP contribution is -2.30. The number of carbonyl (C=O) groups is 1. The van der Waals surface area contributed by atoms with Crippen LogP contribution in [0.4, 0.5) is 0 Å². The first-order chi connectivity index (χ1) is 12.8. The summed E-state index contributed by atoms with van der Waals surface area (Å²) in [4.78, 5) is 21.3. The average Bonchev–Trinajstić information content (AvgIpc) is 3.15. The maximum Gasteiger partial charge on any atom is 0.251 e. The number of nitrogens with zero attached hydrogens (tertiary/aromatic N) is 2. The summed E-state index contributed by atoms with van der Waals surface area (Å²) in [7, 11) is 0. The molecule has 1 aliphatic heterocycles. The molecule has 0 unspecified atom stereocenters. The van der Waals surface area contributed by atoms with Crippen LogP contribution in [-0.2, 0) is 25.8 Å². The van der Waals surface area contributed by atoms with Gasteiger partial charge in [-0.15, -0.1) is 0 Å². The summed E-state index contributed by atoms with van der Waals surface area (Å²) in [5.74, 6) is 1.33. The third kappa shape index (κ3) is 4.10. The predicted octanol–water partition coefficient (Wildman–Crippen LogP) is 2.44. The molecule has 0 bridgehead atoms. The van der Waals surface area contributed by atoms with Crippen LogP contribution in [0.1, 0.15) is 52.3 Å². The van der Waals surface area contributed by atoms with Crippen molar-refractivity contribution < 1.29 is 4.79 Å². The summed E-state index contributed by atoms with van der Waals surface area (Å²) >= 11 is 0. The van der Waals surface area contributed by atoms with Gasteiger partial charge in [0.15, 0.2) is 0 Å². The Morgan fingerprint density at radius 3 is 2.88 bits per heavy atom. The van der Waals surface area contributed by atoms with Crippen LogP contribution in [0.2, 0.25) is 0 Å². The maximum absolute atomic E-state index is 12.4. The van der Waals surface area contributed by atoms with Crippen LogP contribution >= 0.6 is 0 Å². The zero-order valence-electron chi connectivity index (χ0n) is 15.1. The van der Waals surface area contributed by atoms with Crippen molar-refractivity contribution >= 4 is 5.91 Å². The van der Waals surface area contributed by atoms with Gasteiger partial charge in [-0.2, -0.15) is 0 Å². The molecule has 0 radical (unpaired) electrons. The molecule has 1 aliphatic carbocycles. The van der Waals surface area contributed by atoms with Crippen LogP contribution in [-0.4, -0.2) is 29.0 Å². The second kappa shape index (κ2) is 7.96. The molecule has 2 N–H and O–H groups in total. The van der Waals surface area contributed by atoms with Crippen LogP contribution in [0, 0.1) is 5.92 Å². The largest absolute Gasteiger partial charge is 0.345 e. The Morgan fingerprint density at radius 1 is 1.19 bits per heavy atom. The number of benzene rings is 1. The first-order valence-corrected chi connectivity index (χ1v) is 9.69. The highest BCUT2D eigenvalue weighted by Gasteiger charge is 2.15. The summed E-state index contributed by atoms with van der Waals surface area (Å²) in [6.45, 7) is 2.62. The number of rotatable bonds is 5. The van der Waals surface area contributed by atoms with Crippen molar-refractivity contribution in [3.8, 4) is 0 Å². The lowest BCUT2D eigenvalue weighted by Gasteiger charge is -2.22. The highest BCUT2D eigenvalue weighted by atomic mass is 16.1. The van der Waals surface area contributed by atoms with Crippen molar-refractivity contribution in [2.24, 2.45) is 5.92 Å². The van der Waals surface area contributed by atoms with Crippen molar-refractivity contribution in [3.05, 3.63) is 58.7 Å². The number of nitrogens with one attached hydrogen (secondary N) is 2. The fourth-order valence-electron chi connectivity index (χ4n) is 3.93. The van der Waals surface area contributed by atoms with Gasteiger partial charge < -0.3 is 10.6 Å². The van der Waals surface area contributed by atoms with E-state index < -0.39 is 0 Å². The number of amides is 1. The monoisotopic (exact) mass is 350 g/mol. The van der Waals surface area contributed by atoms with Gasteiger partial charge in [0, 0.05) is 17.5 Å². The zero-order chi connectivity index (χ0) is 17.8. The van der Waals surface area contributed by atoms with Crippen molar-refractivity contribution in [1.29, 1.82) is 0 Å². The van der Waals surface area contributed by atoms with E-state index in [1.165, 1.54) is 24.0 Å². The Balaban J connectivity index is 1.31. The molecule has 5 heteroatoms. The molecule has 5 nitrogen and oxygen atoms in total. The molecule has 1 aromatic heterocycles. The standard InChI is InChI=1S/C21H26N4O/c26-21(24-14-20-23-13-18-4-1-5-19(18)25-20)17-8-6-15(7-9-17)11-16-3-2-10-22-12-16/h6-9,13,16,22H,1-5,10-12,14H2,(H,24,26)/t16-/m0/s1. The quantitative estimate of drug-likeness (QED) is 0.869. The van der Waals surface area contributed by atoms with E-state index in [-0.39, 0.29) is 5.91 Å². The lowest BCUT2D eigenvalue weighted by atomic mass is 9.92. The predicted molar refractivity (Wildman–Crippen MR) is 101 cm³/mol. The van der Waals surface area contributed by atoms with Gasteiger partial charge in [-0.1, -0.05) is 12.1 Å². The van der Waals surface area contributed by atoms with Crippen molar-refractivity contribution in [3.63, 3.8) is 0 Å². The number of piperidine rings is 1. The van der Waals surface area contributed by atoms with E-state index >= 15 is 0 Å². The first-order valence-electron chi connectivity index (χ1n) is 9.69. The van der Waals surface area contributed by atoms with Gasteiger partial charge in [0.2, 0.25) is 0 Å². The molecular formula is C21H26N4O. The summed E-state index contributed by atoms with van der Waals surface area (Å²) in [5, 5.41) is 6.39. The summed E-state index contributed by atoms with van der Waals surface area (Å²) in [6, 6.07) is 8.00. The maximum atomic E-state index is 12.4. The Bertz CT molecular complexity index is 766. The Hall–Kier alpha value is -2.27. The molecule has 1 aromatic carbocycles. The Morgan fingerprint density at radius 2 is 2.08 bits per heavy atom. The van der Waals surface area contributed by atoms with Gasteiger partial charge in [-0.05, 0) is 80.8 Å². The third-order valence-electron chi connectivity index (χ3n) is 5.41. The average molecular weight is 350 g/mol. The van der Waals surface area contributed by atoms with Gasteiger partial charge in [0.25, 0.3) is 5.91 Å². The van der Waals surface area contributed by atoms with E-state index in [1.807, 2.05) is 18.3 Å². The Labute approximate surface area is 154 Å². The normalized spacial score (nSPS) is 19.2. The molecule has 2 aliphatic rings. The number of hydrogen-bond acceptors (Lipinski definition) is 4.